The number of nitrogen functional groups attached to an aromatic ring is 2. The van der Waals surface area contributed by atoms with Gasteiger partial charge in [-0.2, -0.15) is 9.71 Å². The smallest absolute Gasteiger partial charge is 0.323 e. The van der Waals surface area contributed by atoms with Gasteiger partial charge in [0.05, 0.1) is 5.75 Å². The first-order valence-corrected chi connectivity index (χ1v) is 11.7. The van der Waals surface area contributed by atoms with Crippen molar-refractivity contribution in [2.45, 2.75) is 38.6 Å². The molecule has 0 aliphatic carbocycles. The minimum absolute atomic E-state index is 0.110. The number of amides is 1. The normalized spacial score (nSPS) is 12.3. The Morgan fingerprint density at radius 1 is 1.12 bits per heavy atom. The maximum absolute atomic E-state index is 12.3. The summed E-state index contributed by atoms with van der Waals surface area (Å²) in [6.07, 6.45) is 2.30. The van der Waals surface area contributed by atoms with Crippen molar-refractivity contribution >= 4 is 33.7 Å². The Balaban J connectivity index is 1.91. The van der Waals surface area contributed by atoms with E-state index in [4.69, 9.17) is 11.5 Å². The molecule has 0 bridgehead atoms. The molecule has 12 heteroatoms. The molecule has 0 radical (unpaired) electrons. The lowest BCUT2D eigenvalue weighted by Gasteiger charge is -2.15. The molecule has 1 atom stereocenters. The molecule has 174 valence electrons. The number of rotatable bonds is 12. The monoisotopic (exact) mass is 464 g/mol. The van der Waals surface area contributed by atoms with E-state index in [1.54, 1.807) is 30.3 Å². The number of hydrogen-bond acceptors (Lipinski definition) is 8. The summed E-state index contributed by atoms with van der Waals surface area (Å²) in [7, 11) is -3.75. The fraction of sp³-hybridized carbons (Fsp3) is 0.400. The van der Waals surface area contributed by atoms with Crippen molar-refractivity contribution in [2.24, 2.45) is 0 Å². The number of carbonyl (C=O) groups is 2. The summed E-state index contributed by atoms with van der Waals surface area (Å²) in [6, 6.07) is 6.94. The zero-order chi connectivity index (χ0) is 23.7. The highest BCUT2D eigenvalue weighted by atomic mass is 32.2. The lowest BCUT2D eigenvalue weighted by molar-refractivity contribution is -0.138. The number of sulfonamides is 1. The van der Waals surface area contributed by atoms with Gasteiger partial charge in [-0.05, 0) is 37.0 Å². The topological polar surface area (TPSA) is 190 Å². The highest BCUT2D eigenvalue weighted by Crippen LogP contribution is 2.11. The van der Waals surface area contributed by atoms with Crippen molar-refractivity contribution in [1.29, 1.82) is 0 Å². The second-order valence-corrected chi connectivity index (χ2v) is 9.10. The van der Waals surface area contributed by atoms with Gasteiger partial charge < -0.3 is 21.9 Å². The number of hydrogen-bond donors (Lipinski definition) is 5. The third-order valence-corrected chi connectivity index (χ3v) is 6.03. The van der Waals surface area contributed by atoms with Crippen LogP contribution in [0.25, 0.3) is 0 Å². The lowest BCUT2D eigenvalue weighted by Crippen LogP contribution is -2.48. The maximum Gasteiger partial charge on any atom is 0.323 e. The van der Waals surface area contributed by atoms with Crippen molar-refractivity contribution < 1.29 is 23.1 Å². The third-order valence-electron chi connectivity index (χ3n) is 4.56. The molecule has 0 fully saturated rings. The molecule has 2 rings (SSSR count). The molecule has 1 unspecified atom stereocenters. The molecular weight excluding hydrogens is 436 g/mol. The highest BCUT2D eigenvalue weighted by molar-refractivity contribution is 7.89. The van der Waals surface area contributed by atoms with Crippen LogP contribution in [0, 0.1) is 0 Å². The van der Waals surface area contributed by atoms with Gasteiger partial charge in [-0.25, -0.2) is 13.4 Å². The average Bonchev–Trinajstić information content (AvgIpc) is 2.73. The zero-order valence-electron chi connectivity index (χ0n) is 17.7. The van der Waals surface area contributed by atoms with E-state index in [9.17, 15) is 23.1 Å². The van der Waals surface area contributed by atoms with E-state index in [0.717, 1.165) is 5.56 Å². The van der Waals surface area contributed by atoms with Crippen LogP contribution in [0.5, 0.6) is 0 Å². The zero-order valence-corrected chi connectivity index (χ0v) is 18.6. The first-order chi connectivity index (χ1) is 15.1. The third kappa shape index (κ3) is 8.12. The molecule has 0 aliphatic rings. The van der Waals surface area contributed by atoms with Gasteiger partial charge >= 0.3 is 5.97 Å². The van der Waals surface area contributed by atoms with E-state index < -0.39 is 27.9 Å². The Morgan fingerprint density at radius 3 is 2.41 bits per heavy atom. The lowest BCUT2D eigenvalue weighted by atomic mass is 10.1. The fourth-order valence-corrected chi connectivity index (χ4v) is 4.25. The summed E-state index contributed by atoms with van der Waals surface area (Å²) in [5, 5.41) is 11.7. The Bertz CT molecular complexity index is 1020. The number of nitrogens with one attached hydrogen (secondary N) is 2. The van der Waals surface area contributed by atoms with Crippen LogP contribution in [-0.2, 0) is 27.7 Å². The van der Waals surface area contributed by atoms with Crippen LogP contribution in [-0.4, -0.2) is 53.7 Å². The van der Waals surface area contributed by atoms with Gasteiger partial charge in [0.25, 0.3) is 5.91 Å². The first kappa shape index (κ1) is 25.0. The number of carboxylic acids is 1. The molecule has 1 heterocycles. The summed E-state index contributed by atoms with van der Waals surface area (Å²) in [5.74, 6) is -1.64. The van der Waals surface area contributed by atoms with E-state index in [0.29, 0.717) is 42.8 Å². The number of nitrogens with zero attached hydrogens (tertiary/aromatic N) is 2. The minimum Gasteiger partial charge on any atom is -0.480 e. The van der Waals surface area contributed by atoms with Gasteiger partial charge in [-0.1, -0.05) is 25.5 Å². The molecule has 1 amide bonds. The molecule has 0 spiro atoms. The predicted molar refractivity (Wildman–Crippen MR) is 120 cm³/mol. The van der Waals surface area contributed by atoms with E-state index >= 15 is 0 Å². The SMILES string of the molecule is CCCCS(=O)(=O)NC(CNC(=O)c1ccc(CCc2cc(N)nc(N)n2)cc1)C(=O)O. The number of nitrogens with two attached hydrogens (primary N) is 2. The van der Waals surface area contributed by atoms with E-state index in [1.165, 1.54) is 0 Å². The van der Waals surface area contributed by atoms with Crippen LogP contribution >= 0.6 is 0 Å². The Kier molecular flexibility index (Phi) is 8.91. The van der Waals surface area contributed by atoms with Crippen molar-refractivity contribution in [3.63, 3.8) is 0 Å². The van der Waals surface area contributed by atoms with E-state index in [2.05, 4.69) is 20.0 Å². The summed E-state index contributed by atoms with van der Waals surface area (Å²) in [4.78, 5) is 31.7. The molecule has 11 nitrogen and oxygen atoms in total. The molecule has 2 aromatic rings. The van der Waals surface area contributed by atoms with Crippen molar-refractivity contribution in [1.82, 2.24) is 20.0 Å². The molecule has 32 heavy (non-hydrogen) atoms. The highest BCUT2D eigenvalue weighted by Gasteiger charge is 2.24. The van der Waals surface area contributed by atoms with Crippen molar-refractivity contribution in [3.8, 4) is 0 Å². The molecule has 0 aliphatic heterocycles. The summed E-state index contributed by atoms with van der Waals surface area (Å²) < 4.78 is 26.0. The number of unbranched alkanes of at least 4 members (excludes halogenated alkanes) is 1. The van der Waals surface area contributed by atoms with Crippen LogP contribution in [0.3, 0.4) is 0 Å². The van der Waals surface area contributed by atoms with Gasteiger partial charge in [0, 0.05) is 23.9 Å². The van der Waals surface area contributed by atoms with Crippen LogP contribution in [0.15, 0.2) is 30.3 Å². The fourth-order valence-electron chi connectivity index (χ4n) is 2.85. The Morgan fingerprint density at radius 2 is 1.81 bits per heavy atom. The largest absolute Gasteiger partial charge is 0.480 e. The number of carboxylic acid groups (broad SMARTS) is 1. The summed E-state index contributed by atoms with van der Waals surface area (Å²) in [6.45, 7) is 1.45. The van der Waals surface area contributed by atoms with Gasteiger partial charge in [0.15, 0.2) is 0 Å². The van der Waals surface area contributed by atoms with Gasteiger partial charge in [0.2, 0.25) is 16.0 Å². The number of benzene rings is 1. The van der Waals surface area contributed by atoms with Crippen LogP contribution in [0.2, 0.25) is 0 Å². The number of aliphatic carboxylic acids is 1. The molecular formula is C20H28N6O5S. The maximum atomic E-state index is 12.3. The minimum atomic E-state index is -3.75. The second kappa shape index (κ2) is 11.4. The standard InChI is InChI=1S/C20H28N6O5S/c1-2-3-10-32(30,31)26-16(19(28)29)12-23-18(27)14-7-4-13(5-8-14)6-9-15-11-17(21)25-20(22)24-15/h4-5,7-8,11,16,26H,2-3,6,9-10,12H2,1H3,(H,23,27)(H,28,29)(H4,21,22,24,25). The van der Waals surface area contributed by atoms with Crippen LogP contribution < -0.4 is 21.5 Å². The van der Waals surface area contributed by atoms with Crippen molar-refractivity contribution in [3.05, 3.63) is 47.2 Å². The van der Waals surface area contributed by atoms with E-state index in [-0.39, 0.29) is 18.2 Å². The molecule has 7 N–H and O–H groups in total. The van der Waals surface area contributed by atoms with Crippen molar-refractivity contribution in [2.75, 3.05) is 23.8 Å². The van der Waals surface area contributed by atoms with Gasteiger partial charge in [-0.3, -0.25) is 9.59 Å². The van der Waals surface area contributed by atoms with Gasteiger partial charge in [0.1, 0.15) is 11.9 Å². The predicted octanol–water partition coefficient (Wildman–Crippen LogP) is 0.329. The average molecular weight is 465 g/mol. The molecule has 1 aromatic heterocycles. The van der Waals surface area contributed by atoms with E-state index in [1.807, 2.05) is 6.92 Å². The first-order valence-electron chi connectivity index (χ1n) is 10.1. The summed E-state index contributed by atoms with van der Waals surface area (Å²) >= 11 is 0. The Hall–Kier alpha value is -3.25. The van der Waals surface area contributed by atoms with Gasteiger partial charge in [-0.15, -0.1) is 0 Å². The second-order valence-electron chi connectivity index (χ2n) is 7.23. The summed E-state index contributed by atoms with van der Waals surface area (Å²) in [5.41, 5.74) is 13.2. The number of aryl methyl sites for hydroxylation is 2. The van der Waals surface area contributed by atoms with Crippen LogP contribution in [0.4, 0.5) is 11.8 Å². The number of carbonyl (C=O) groups excluding carboxylic acids is 1. The number of anilines is 2. The quantitative estimate of drug-likeness (QED) is 0.294. The van der Waals surface area contributed by atoms with Crippen LogP contribution in [0.1, 0.15) is 41.4 Å². The molecule has 0 saturated heterocycles. The molecule has 0 saturated carbocycles. The number of aromatic nitrogens is 2. The Labute approximate surface area is 186 Å². The molecule has 1 aromatic carbocycles.